The normalized spacial score (nSPS) is 12.5. The van der Waals surface area contributed by atoms with Gasteiger partial charge < -0.3 is 11.1 Å². The predicted octanol–water partition coefficient (Wildman–Crippen LogP) is 3.64. The second-order valence-electron chi connectivity index (χ2n) is 6.24. The predicted molar refractivity (Wildman–Crippen MR) is 107 cm³/mol. The van der Waals surface area contributed by atoms with Gasteiger partial charge >= 0.3 is 0 Å². The van der Waals surface area contributed by atoms with Crippen LogP contribution in [0.25, 0.3) is 5.69 Å². The molecule has 0 bridgehead atoms. The van der Waals surface area contributed by atoms with Gasteiger partial charge in [-0.3, -0.25) is 4.79 Å². The Balaban J connectivity index is 0.00000288. The summed E-state index contributed by atoms with van der Waals surface area (Å²) >= 11 is 0. The molecule has 2 atom stereocenters. The second kappa shape index (κ2) is 10.4. The number of rotatable bonds is 6. The van der Waals surface area contributed by atoms with Crippen molar-refractivity contribution in [3.8, 4) is 5.69 Å². The van der Waals surface area contributed by atoms with E-state index < -0.39 is 0 Å². The quantitative estimate of drug-likeness (QED) is 0.795. The number of halogens is 2. The Kier molecular flexibility index (Phi) is 9.78. The fourth-order valence-electron chi connectivity index (χ4n) is 2.55. The van der Waals surface area contributed by atoms with E-state index >= 15 is 0 Å². The van der Waals surface area contributed by atoms with Crippen LogP contribution in [-0.2, 0) is 4.79 Å². The van der Waals surface area contributed by atoms with Crippen molar-refractivity contribution >= 4 is 30.7 Å². The molecule has 0 fully saturated rings. The third-order valence-corrected chi connectivity index (χ3v) is 3.85. The maximum atomic E-state index is 11.9. The third-order valence-electron chi connectivity index (χ3n) is 3.85. The molecule has 7 heteroatoms. The Labute approximate surface area is 162 Å². The van der Waals surface area contributed by atoms with E-state index in [2.05, 4.69) is 16.5 Å². The first-order valence-electron chi connectivity index (χ1n) is 8.05. The highest BCUT2D eigenvalue weighted by atomic mass is 35.5. The molecule has 0 aliphatic rings. The number of carbonyl (C=O) groups excluding carboxylic acids is 1. The van der Waals surface area contributed by atoms with E-state index in [0.29, 0.717) is 12.8 Å². The summed E-state index contributed by atoms with van der Waals surface area (Å²) in [5, 5.41) is 7.49. The maximum Gasteiger partial charge on any atom is 0.220 e. The molecular formula is C18H28Cl2N4O. The Bertz CT molecular complexity index is 668. The van der Waals surface area contributed by atoms with E-state index in [-0.39, 0.29) is 42.8 Å². The number of benzene rings is 1. The molecule has 2 rings (SSSR count). The molecule has 0 saturated heterocycles. The average molecular weight is 387 g/mol. The van der Waals surface area contributed by atoms with Crippen LogP contribution in [0.15, 0.2) is 30.3 Å². The summed E-state index contributed by atoms with van der Waals surface area (Å²) in [6.45, 7) is 7.92. The number of nitrogens with zero attached hydrogens (tertiary/aromatic N) is 2. The van der Waals surface area contributed by atoms with E-state index in [0.717, 1.165) is 22.6 Å². The Morgan fingerprint density at radius 1 is 1.20 bits per heavy atom. The molecule has 0 aliphatic carbocycles. The van der Waals surface area contributed by atoms with Crippen molar-refractivity contribution < 1.29 is 4.79 Å². The van der Waals surface area contributed by atoms with E-state index in [1.807, 2.05) is 56.6 Å². The molecule has 0 spiro atoms. The molecule has 1 heterocycles. The summed E-state index contributed by atoms with van der Waals surface area (Å²) in [5.41, 5.74) is 9.88. The van der Waals surface area contributed by atoms with Crippen LogP contribution in [0.4, 0.5) is 0 Å². The summed E-state index contributed by atoms with van der Waals surface area (Å²) in [7, 11) is 0. The number of aryl methyl sites for hydroxylation is 2. The minimum Gasteiger partial charge on any atom is -0.350 e. The fourth-order valence-corrected chi connectivity index (χ4v) is 2.55. The van der Waals surface area contributed by atoms with Gasteiger partial charge in [-0.2, -0.15) is 5.10 Å². The van der Waals surface area contributed by atoms with Gasteiger partial charge in [0.2, 0.25) is 5.91 Å². The topological polar surface area (TPSA) is 72.9 Å². The highest BCUT2D eigenvalue weighted by Gasteiger charge is 2.11. The van der Waals surface area contributed by atoms with E-state index in [1.165, 1.54) is 0 Å². The zero-order valence-electron chi connectivity index (χ0n) is 15.2. The summed E-state index contributed by atoms with van der Waals surface area (Å²) in [6, 6.07) is 10.2. The van der Waals surface area contributed by atoms with Gasteiger partial charge in [-0.1, -0.05) is 12.1 Å². The lowest BCUT2D eigenvalue weighted by molar-refractivity contribution is -0.121. The molecule has 1 aromatic heterocycles. The molecule has 5 nitrogen and oxygen atoms in total. The van der Waals surface area contributed by atoms with Gasteiger partial charge in [-0.05, 0) is 57.9 Å². The molecule has 0 radical (unpaired) electrons. The largest absolute Gasteiger partial charge is 0.350 e. The lowest BCUT2D eigenvalue weighted by atomic mass is 10.1. The molecule has 0 saturated carbocycles. The van der Waals surface area contributed by atoms with Crippen LogP contribution in [0.3, 0.4) is 0 Å². The molecule has 2 aromatic rings. The maximum absolute atomic E-state index is 11.9. The second-order valence-corrected chi connectivity index (χ2v) is 6.24. The monoisotopic (exact) mass is 386 g/mol. The Morgan fingerprint density at radius 3 is 2.28 bits per heavy atom. The van der Waals surface area contributed by atoms with Crippen LogP contribution in [0.1, 0.15) is 49.7 Å². The third kappa shape index (κ3) is 6.69. The van der Waals surface area contributed by atoms with Crippen LogP contribution in [-0.4, -0.2) is 21.7 Å². The number of nitrogens with one attached hydrogen (secondary N) is 1. The molecule has 2 unspecified atom stereocenters. The van der Waals surface area contributed by atoms with Gasteiger partial charge in [-0.15, -0.1) is 24.8 Å². The Morgan fingerprint density at radius 2 is 1.80 bits per heavy atom. The molecule has 140 valence electrons. The van der Waals surface area contributed by atoms with Gasteiger partial charge in [-0.25, -0.2) is 4.68 Å². The number of amides is 1. The number of aromatic nitrogens is 2. The lowest BCUT2D eigenvalue weighted by Crippen LogP contribution is -2.28. The van der Waals surface area contributed by atoms with Crippen LogP contribution in [0.5, 0.6) is 0 Å². The molecular weight excluding hydrogens is 359 g/mol. The molecule has 3 N–H and O–H groups in total. The first kappa shape index (κ1) is 23.4. The van der Waals surface area contributed by atoms with Crippen molar-refractivity contribution in [2.24, 2.45) is 5.73 Å². The van der Waals surface area contributed by atoms with Gasteiger partial charge in [0.05, 0.1) is 17.4 Å². The van der Waals surface area contributed by atoms with Crippen LogP contribution >= 0.6 is 24.8 Å². The van der Waals surface area contributed by atoms with E-state index in [4.69, 9.17) is 5.73 Å². The highest BCUT2D eigenvalue weighted by Crippen LogP contribution is 2.17. The van der Waals surface area contributed by atoms with Gasteiger partial charge in [0, 0.05) is 18.2 Å². The minimum atomic E-state index is -0.0231. The molecule has 1 aromatic carbocycles. The first-order valence-corrected chi connectivity index (χ1v) is 8.05. The first-order chi connectivity index (χ1) is 10.9. The number of nitrogens with two attached hydrogens (primary N) is 1. The van der Waals surface area contributed by atoms with Crippen LogP contribution < -0.4 is 11.1 Å². The van der Waals surface area contributed by atoms with Crippen LogP contribution in [0.2, 0.25) is 0 Å². The van der Waals surface area contributed by atoms with Crippen molar-refractivity contribution in [1.82, 2.24) is 15.1 Å². The van der Waals surface area contributed by atoms with Gasteiger partial charge in [0.1, 0.15) is 0 Å². The summed E-state index contributed by atoms with van der Waals surface area (Å²) < 4.78 is 1.92. The molecule has 25 heavy (non-hydrogen) atoms. The van der Waals surface area contributed by atoms with Gasteiger partial charge in [0.15, 0.2) is 0 Å². The van der Waals surface area contributed by atoms with E-state index in [1.54, 1.807) is 0 Å². The van der Waals surface area contributed by atoms with Crippen molar-refractivity contribution in [3.63, 3.8) is 0 Å². The summed E-state index contributed by atoms with van der Waals surface area (Å²) in [4.78, 5) is 11.9. The Hall–Kier alpha value is -1.56. The summed E-state index contributed by atoms with van der Waals surface area (Å²) in [5.74, 6) is 0.0393. The highest BCUT2D eigenvalue weighted by molar-refractivity contribution is 5.85. The van der Waals surface area contributed by atoms with Crippen molar-refractivity contribution in [1.29, 1.82) is 0 Å². The smallest absolute Gasteiger partial charge is 0.220 e. The van der Waals surface area contributed by atoms with Gasteiger partial charge in [0.25, 0.3) is 0 Å². The number of hydrogen-bond acceptors (Lipinski definition) is 3. The SMILES string of the molecule is Cc1cc(C)n(-c2ccc(C(C)NC(=O)CCC(C)N)cc2)n1.Cl.Cl. The summed E-state index contributed by atoms with van der Waals surface area (Å²) in [6.07, 6.45) is 1.17. The number of hydrogen-bond donors (Lipinski definition) is 2. The molecule has 1 amide bonds. The lowest BCUT2D eigenvalue weighted by Gasteiger charge is -2.15. The zero-order chi connectivity index (χ0) is 17.0. The zero-order valence-corrected chi connectivity index (χ0v) is 16.8. The molecule has 0 aliphatic heterocycles. The van der Waals surface area contributed by atoms with Crippen molar-refractivity contribution in [2.75, 3.05) is 0 Å². The van der Waals surface area contributed by atoms with Crippen LogP contribution in [0, 0.1) is 13.8 Å². The van der Waals surface area contributed by atoms with Crippen molar-refractivity contribution in [3.05, 3.63) is 47.3 Å². The van der Waals surface area contributed by atoms with Crippen molar-refractivity contribution in [2.45, 2.75) is 52.6 Å². The average Bonchev–Trinajstić information content (AvgIpc) is 2.84. The number of carbonyl (C=O) groups is 1. The fraction of sp³-hybridized carbons (Fsp3) is 0.444. The minimum absolute atomic E-state index is 0. The standard InChI is InChI=1S/C18H26N4O.2ClH/c1-12(19)5-10-18(23)20-15(4)16-6-8-17(9-7-16)22-14(3)11-13(2)21-22;;/h6-9,11-12,15H,5,10,19H2,1-4H3,(H,20,23);2*1H. The van der Waals surface area contributed by atoms with E-state index in [9.17, 15) is 4.79 Å².